The zero-order valence-electron chi connectivity index (χ0n) is 13.5. The van der Waals surface area contributed by atoms with Gasteiger partial charge in [-0.2, -0.15) is 5.26 Å². The van der Waals surface area contributed by atoms with Crippen molar-refractivity contribution >= 4 is 21.6 Å². The molecule has 0 radical (unpaired) electrons. The van der Waals surface area contributed by atoms with Gasteiger partial charge in [-0.1, -0.05) is 12.1 Å². The molecule has 0 unspecified atom stereocenters. The molecule has 0 aromatic heterocycles. The van der Waals surface area contributed by atoms with Crippen molar-refractivity contribution in [3.05, 3.63) is 59.7 Å². The molecule has 25 heavy (non-hydrogen) atoms. The van der Waals surface area contributed by atoms with Crippen molar-refractivity contribution in [2.75, 3.05) is 25.6 Å². The molecule has 7 nitrogen and oxygen atoms in total. The highest BCUT2D eigenvalue weighted by atomic mass is 32.2. The molecule has 0 aliphatic heterocycles. The zero-order valence-corrected chi connectivity index (χ0v) is 14.3. The molecule has 0 saturated carbocycles. The average Bonchev–Trinajstić information content (AvgIpc) is 2.62. The Balaban J connectivity index is 2.11. The van der Waals surface area contributed by atoms with Crippen molar-refractivity contribution in [3.63, 3.8) is 0 Å². The fourth-order valence-corrected chi connectivity index (χ4v) is 3.04. The van der Waals surface area contributed by atoms with Crippen LogP contribution in [0.2, 0.25) is 0 Å². The minimum absolute atomic E-state index is 0.0533. The van der Waals surface area contributed by atoms with E-state index in [2.05, 4.69) is 10.0 Å². The molecule has 1 amide bonds. The minimum Gasteiger partial charge on any atom is -0.383 e. The Bertz CT molecular complexity index is 887. The number of ether oxygens (including phenoxy) is 1. The number of hydrogen-bond donors (Lipinski definition) is 2. The molecule has 0 bridgehead atoms. The van der Waals surface area contributed by atoms with E-state index in [1.54, 1.807) is 24.3 Å². The van der Waals surface area contributed by atoms with Gasteiger partial charge < -0.3 is 10.1 Å². The van der Waals surface area contributed by atoms with E-state index in [4.69, 9.17) is 10.00 Å². The van der Waals surface area contributed by atoms with Crippen molar-refractivity contribution in [2.24, 2.45) is 0 Å². The topological polar surface area (TPSA) is 108 Å². The van der Waals surface area contributed by atoms with Crippen LogP contribution < -0.4 is 10.0 Å². The number of benzene rings is 2. The quantitative estimate of drug-likeness (QED) is 0.732. The maximum atomic E-state index is 12.3. The molecule has 2 N–H and O–H groups in total. The van der Waals surface area contributed by atoms with E-state index >= 15 is 0 Å². The first-order chi connectivity index (χ1) is 12.0. The third-order valence-electron chi connectivity index (χ3n) is 3.32. The second kappa shape index (κ2) is 8.39. The van der Waals surface area contributed by atoms with E-state index in [-0.39, 0.29) is 23.6 Å². The number of carbonyl (C=O) groups is 1. The lowest BCUT2D eigenvalue weighted by molar-refractivity contribution is 0.102. The zero-order chi connectivity index (χ0) is 18.3. The summed E-state index contributed by atoms with van der Waals surface area (Å²) in [5, 5.41) is 11.7. The molecule has 0 saturated heterocycles. The highest BCUT2D eigenvalue weighted by Crippen LogP contribution is 2.16. The van der Waals surface area contributed by atoms with Crippen LogP contribution >= 0.6 is 0 Å². The van der Waals surface area contributed by atoms with Gasteiger partial charge in [0.05, 0.1) is 22.8 Å². The Hall–Kier alpha value is -2.73. The lowest BCUT2D eigenvalue weighted by Crippen LogP contribution is -2.27. The van der Waals surface area contributed by atoms with Crippen LogP contribution in [0.15, 0.2) is 53.4 Å². The molecule has 2 aromatic carbocycles. The number of rotatable bonds is 7. The monoisotopic (exact) mass is 359 g/mol. The third-order valence-corrected chi connectivity index (χ3v) is 4.80. The number of amides is 1. The Morgan fingerprint density at radius 3 is 2.48 bits per heavy atom. The molecule has 130 valence electrons. The van der Waals surface area contributed by atoms with Crippen LogP contribution in [0.1, 0.15) is 15.9 Å². The number of nitrogens with one attached hydrogen (secondary N) is 2. The van der Waals surface area contributed by atoms with Crippen molar-refractivity contribution < 1.29 is 17.9 Å². The predicted octanol–water partition coefficient (Wildman–Crippen LogP) is 1.74. The summed E-state index contributed by atoms with van der Waals surface area (Å²) in [6, 6.07) is 14.1. The molecule has 0 aliphatic carbocycles. The number of methoxy groups -OCH3 is 1. The molecule has 0 atom stereocenters. The number of nitriles is 1. The second-order valence-corrected chi connectivity index (χ2v) is 6.79. The summed E-state index contributed by atoms with van der Waals surface area (Å²) in [5.74, 6) is -0.431. The average molecular weight is 359 g/mol. The first-order valence-electron chi connectivity index (χ1n) is 7.37. The highest BCUT2D eigenvalue weighted by Gasteiger charge is 2.15. The Kier molecular flexibility index (Phi) is 6.25. The van der Waals surface area contributed by atoms with Gasteiger partial charge in [0, 0.05) is 19.2 Å². The fourth-order valence-electron chi connectivity index (χ4n) is 2.03. The van der Waals surface area contributed by atoms with E-state index < -0.39 is 15.9 Å². The lowest BCUT2D eigenvalue weighted by atomic mass is 10.1. The van der Waals surface area contributed by atoms with E-state index in [1.165, 1.54) is 31.4 Å². The van der Waals surface area contributed by atoms with Crippen LogP contribution in [0.5, 0.6) is 0 Å². The highest BCUT2D eigenvalue weighted by molar-refractivity contribution is 7.89. The number of hydrogen-bond acceptors (Lipinski definition) is 5. The van der Waals surface area contributed by atoms with Gasteiger partial charge in [-0.05, 0) is 36.4 Å². The van der Waals surface area contributed by atoms with Crippen LogP contribution in [-0.2, 0) is 14.8 Å². The van der Waals surface area contributed by atoms with Crippen LogP contribution in [0, 0.1) is 11.3 Å². The third kappa shape index (κ3) is 4.87. The first-order valence-corrected chi connectivity index (χ1v) is 8.85. The number of anilines is 1. The summed E-state index contributed by atoms with van der Waals surface area (Å²) >= 11 is 0. The molecule has 2 aromatic rings. The van der Waals surface area contributed by atoms with Crippen molar-refractivity contribution in [3.8, 4) is 6.07 Å². The number of sulfonamides is 1. The van der Waals surface area contributed by atoms with Crippen LogP contribution in [0.25, 0.3) is 0 Å². The Morgan fingerprint density at radius 1 is 1.16 bits per heavy atom. The molecule has 0 heterocycles. The van der Waals surface area contributed by atoms with Crippen LogP contribution in [0.3, 0.4) is 0 Å². The van der Waals surface area contributed by atoms with E-state index in [0.29, 0.717) is 11.3 Å². The van der Waals surface area contributed by atoms with E-state index in [1.807, 2.05) is 6.07 Å². The van der Waals surface area contributed by atoms with Gasteiger partial charge in [0.25, 0.3) is 5.91 Å². The summed E-state index contributed by atoms with van der Waals surface area (Å²) < 4.78 is 31.3. The summed E-state index contributed by atoms with van der Waals surface area (Å²) in [6.07, 6.45) is 0. The van der Waals surface area contributed by atoms with Crippen molar-refractivity contribution in [2.45, 2.75) is 4.90 Å². The maximum Gasteiger partial charge on any atom is 0.255 e. The maximum absolute atomic E-state index is 12.3. The molecule has 8 heteroatoms. The Labute approximate surface area is 146 Å². The summed E-state index contributed by atoms with van der Waals surface area (Å²) in [7, 11) is -2.17. The lowest BCUT2D eigenvalue weighted by Gasteiger charge is -2.09. The molecular weight excluding hydrogens is 342 g/mol. The standard InChI is InChI=1S/C17H17N3O4S/c1-24-11-10-19-25(22,23)15-8-6-13(7-9-15)17(21)20-16-5-3-2-4-14(16)12-18/h2-9,19H,10-11H2,1H3,(H,20,21). The fraction of sp³-hybridized carbons (Fsp3) is 0.176. The summed E-state index contributed by atoms with van der Waals surface area (Å²) in [5.41, 5.74) is 1.02. The van der Waals surface area contributed by atoms with E-state index in [0.717, 1.165) is 0 Å². The predicted molar refractivity (Wildman–Crippen MR) is 92.6 cm³/mol. The molecule has 2 rings (SSSR count). The molecular formula is C17H17N3O4S. The second-order valence-electron chi connectivity index (χ2n) is 5.03. The molecule has 0 aliphatic rings. The van der Waals surface area contributed by atoms with E-state index in [9.17, 15) is 13.2 Å². The number of carbonyl (C=O) groups excluding carboxylic acids is 1. The smallest absolute Gasteiger partial charge is 0.255 e. The van der Waals surface area contributed by atoms with Crippen LogP contribution in [0.4, 0.5) is 5.69 Å². The van der Waals surface area contributed by atoms with Crippen LogP contribution in [-0.4, -0.2) is 34.6 Å². The summed E-state index contributed by atoms with van der Waals surface area (Å²) in [4.78, 5) is 12.3. The van der Waals surface area contributed by atoms with Gasteiger partial charge >= 0.3 is 0 Å². The normalized spacial score (nSPS) is 10.9. The van der Waals surface area contributed by atoms with Gasteiger partial charge in [-0.15, -0.1) is 0 Å². The first kappa shape index (κ1) is 18.6. The number of para-hydroxylation sites is 1. The van der Waals surface area contributed by atoms with Gasteiger partial charge in [0.2, 0.25) is 10.0 Å². The largest absolute Gasteiger partial charge is 0.383 e. The van der Waals surface area contributed by atoms with Crippen molar-refractivity contribution in [1.29, 1.82) is 5.26 Å². The van der Waals surface area contributed by atoms with Gasteiger partial charge in [0.15, 0.2) is 0 Å². The molecule has 0 spiro atoms. The Morgan fingerprint density at radius 2 is 1.84 bits per heavy atom. The SMILES string of the molecule is COCCNS(=O)(=O)c1ccc(C(=O)Nc2ccccc2C#N)cc1. The van der Waals surface area contributed by atoms with Gasteiger partial charge in [0.1, 0.15) is 6.07 Å². The minimum atomic E-state index is -3.65. The molecule has 0 fully saturated rings. The number of nitrogens with zero attached hydrogens (tertiary/aromatic N) is 1. The van der Waals surface area contributed by atoms with Crippen molar-refractivity contribution in [1.82, 2.24) is 4.72 Å². The van der Waals surface area contributed by atoms with Gasteiger partial charge in [-0.25, -0.2) is 13.1 Å². The summed E-state index contributed by atoms with van der Waals surface area (Å²) in [6.45, 7) is 0.421. The van der Waals surface area contributed by atoms with Gasteiger partial charge in [-0.3, -0.25) is 4.79 Å².